The van der Waals surface area contributed by atoms with E-state index in [-0.39, 0.29) is 10.9 Å². The third-order valence-corrected chi connectivity index (χ3v) is 4.33. The molecule has 1 amide bonds. The fraction of sp³-hybridized carbons (Fsp3) is 0.158. The lowest BCUT2D eigenvalue weighted by Gasteiger charge is -2.06. The quantitative estimate of drug-likeness (QED) is 0.530. The van der Waals surface area contributed by atoms with Crippen molar-refractivity contribution >= 4 is 22.5 Å². The fourth-order valence-electron chi connectivity index (χ4n) is 2.96. The fourth-order valence-corrected chi connectivity index (χ4v) is 2.96. The van der Waals surface area contributed by atoms with Gasteiger partial charge in [-0.1, -0.05) is 6.07 Å². The lowest BCUT2D eigenvalue weighted by Crippen LogP contribution is -2.30. The minimum absolute atomic E-state index is 0.0407. The predicted molar refractivity (Wildman–Crippen MR) is 98.2 cm³/mol. The van der Waals surface area contributed by atoms with Crippen molar-refractivity contribution in [2.75, 3.05) is 6.54 Å². The Labute approximate surface area is 152 Å². The number of halogens is 1. The van der Waals surface area contributed by atoms with Crippen LogP contribution in [-0.4, -0.2) is 32.0 Å². The van der Waals surface area contributed by atoms with Gasteiger partial charge in [-0.15, -0.1) is 10.2 Å². The van der Waals surface area contributed by atoms with Gasteiger partial charge in [0.2, 0.25) is 5.43 Å². The summed E-state index contributed by atoms with van der Waals surface area (Å²) in [5, 5.41) is 11.1. The molecule has 0 radical (unpaired) electrons. The molecule has 0 aliphatic heterocycles. The van der Waals surface area contributed by atoms with E-state index in [0.29, 0.717) is 24.9 Å². The third-order valence-electron chi connectivity index (χ3n) is 4.33. The zero-order valence-electron chi connectivity index (χ0n) is 14.3. The second-order valence-electron chi connectivity index (χ2n) is 6.13. The van der Waals surface area contributed by atoms with Gasteiger partial charge < -0.3 is 10.3 Å². The Morgan fingerprint density at radius 1 is 1.22 bits per heavy atom. The van der Waals surface area contributed by atoms with Crippen LogP contribution in [0.4, 0.5) is 4.39 Å². The number of aromatic amines is 1. The number of pyridine rings is 2. The van der Waals surface area contributed by atoms with Crippen molar-refractivity contribution in [3.63, 3.8) is 0 Å². The van der Waals surface area contributed by atoms with Crippen LogP contribution in [0.3, 0.4) is 0 Å². The van der Waals surface area contributed by atoms with E-state index >= 15 is 0 Å². The van der Waals surface area contributed by atoms with E-state index in [0.717, 1.165) is 17.5 Å². The summed E-state index contributed by atoms with van der Waals surface area (Å²) in [5.74, 6) is -0.210. The molecule has 1 aromatic carbocycles. The van der Waals surface area contributed by atoms with E-state index in [1.807, 2.05) is 28.8 Å². The Hall–Kier alpha value is -3.55. The molecular weight excluding hydrogens is 349 g/mol. The second kappa shape index (κ2) is 6.99. The number of aryl methyl sites for hydroxylation is 1. The summed E-state index contributed by atoms with van der Waals surface area (Å²) in [4.78, 5) is 27.6. The molecule has 136 valence electrons. The van der Waals surface area contributed by atoms with Crippen LogP contribution in [0, 0.1) is 5.82 Å². The topological polar surface area (TPSA) is 92.2 Å². The Kier molecular flexibility index (Phi) is 4.37. The van der Waals surface area contributed by atoms with E-state index in [2.05, 4.69) is 20.5 Å². The lowest BCUT2D eigenvalue weighted by atomic mass is 10.1. The lowest BCUT2D eigenvalue weighted by molar-refractivity contribution is 0.0952. The molecule has 4 aromatic rings. The maximum Gasteiger partial charge on any atom is 0.256 e. The van der Waals surface area contributed by atoms with Crippen molar-refractivity contribution in [1.29, 1.82) is 0 Å². The van der Waals surface area contributed by atoms with Crippen molar-refractivity contribution < 1.29 is 9.18 Å². The normalized spacial score (nSPS) is 11.1. The van der Waals surface area contributed by atoms with Crippen LogP contribution >= 0.6 is 0 Å². The highest BCUT2D eigenvalue weighted by Gasteiger charge is 2.13. The van der Waals surface area contributed by atoms with Crippen LogP contribution in [-0.2, 0) is 6.42 Å². The predicted octanol–water partition coefficient (Wildman–Crippen LogP) is 2.07. The van der Waals surface area contributed by atoms with Crippen LogP contribution < -0.4 is 10.7 Å². The van der Waals surface area contributed by atoms with Crippen molar-refractivity contribution in [3.05, 3.63) is 76.2 Å². The van der Waals surface area contributed by atoms with E-state index < -0.39 is 17.2 Å². The molecule has 0 saturated heterocycles. The molecule has 27 heavy (non-hydrogen) atoms. The molecule has 0 aliphatic carbocycles. The van der Waals surface area contributed by atoms with Crippen molar-refractivity contribution in [1.82, 2.24) is 24.9 Å². The smallest absolute Gasteiger partial charge is 0.256 e. The van der Waals surface area contributed by atoms with Gasteiger partial charge in [0.15, 0.2) is 5.65 Å². The first kappa shape index (κ1) is 16.9. The molecule has 0 saturated carbocycles. The molecule has 7 nitrogen and oxygen atoms in total. The molecule has 0 bridgehead atoms. The summed E-state index contributed by atoms with van der Waals surface area (Å²) < 4.78 is 15.3. The molecule has 2 N–H and O–H groups in total. The van der Waals surface area contributed by atoms with Crippen LogP contribution in [0.1, 0.15) is 22.6 Å². The maximum absolute atomic E-state index is 13.4. The average Bonchev–Trinajstić information content (AvgIpc) is 3.09. The number of amides is 1. The van der Waals surface area contributed by atoms with Gasteiger partial charge in [0.05, 0.1) is 0 Å². The van der Waals surface area contributed by atoms with Crippen LogP contribution in [0.5, 0.6) is 0 Å². The highest BCUT2D eigenvalue weighted by Crippen LogP contribution is 2.10. The molecule has 0 unspecified atom stereocenters. The van der Waals surface area contributed by atoms with Gasteiger partial charge in [-0.3, -0.25) is 14.0 Å². The van der Waals surface area contributed by atoms with Gasteiger partial charge in [-0.2, -0.15) is 0 Å². The maximum atomic E-state index is 13.4. The zero-order valence-corrected chi connectivity index (χ0v) is 14.3. The number of fused-ring (bicyclic) bond motifs is 2. The Balaban J connectivity index is 1.42. The number of H-pyrrole nitrogens is 1. The van der Waals surface area contributed by atoms with Gasteiger partial charge in [-0.05, 0) is 36.8 Å². The monoisotopic (exact) mass is 365 g/mol. The van der Waals surface area contributed by atoms with Gasteiger partial charge in [0, 0.05) is 36.3 Å². The van der Waals surface area contributed by atoms with Gasteiger partial charge in [0.25, 0.3) is 5.91 Å². The van der Waals surface area contributed by atoms with Crippen LogP contribution in [0.2, 0.25) is 0 Å². The summed E-state index contributed by atoms with van der Waals surface area (Å²) >= 11 is 0. The SMILES string of the molecule is O=C(NCCCc1nnc2ccccn12)c1c[nH]c2ccc(F)cc2c1=O. The molecule has 0 spiro atoms. The van der Waals surface area contributed by atoms with E-state index in [9.17, 15) is 14.0 Å². The number of hydrogen-bond donors (Lipinski definition) is 2. The van der Waals surface area contributed by atoms with E-state index in [4.69, 9.17) is 0 Å². The number of rotatable bonds is 5. The first-order chi connectivity index (χ1) is 13.1. The number of aromatic nitrogens is 4. The van der Waals surface area contributed by atoms with Gasteiger partial charge >= 0.3 is 0 Å². The summed E-state index contributed by atoms with van der Waals surface area (Å²) in [6.45, 7) is 0.376. The van der Waals surface area contributed by atoms with Crippen LogP contribution in [0.15, 0.2) is 53.6 Å². The van der Waals surface area contributed by atoms with Crippen molar-refractivity contribution in [2.45, 2.75) is 12.8 Å². The highest BCUT2D eigenvalue weighted by molar-refractivity contribution is 5.97. The molecule has 3 aromatic heterocycles. The highest BCUT2D eigenvalue weighted by atomic mass is 19.1. The summed E-state index contributed by atoms with van der Waals surface area (Å²) in [6.07, 6.45) is 4.51. The minimum atomic E-state index is -0.522. The van der Waals surface area contributed by atoms with Gasteiger partial charge in [0.1, 0.15) is 17.2 Å². The molecule has 0 atom stereocenters. The number of nitrogens with zero attached hydrogens (tertiary/aromatic N) is 3. The van der Waals surface area contributed by atoms with Crippen molar-refractivity contribution in [2.24, 2.45) is 0 Å². The second-order valence-corrected chi connectivity index (χ2v) is 6.13. The van der Waals surface area contributed by atoms with Crippen molar-refractivity contribution in [3.8, 4) is 0 Å². The molecule has 3 heterocycles. The van der Waals surface area contributed by atoms with E-state index in [1.54, 1.807) is 0 Å². The molecule has 0 aliphatic rings. The molecule has 4 rings (SSSR count). The third kappa shape index (κ3) is 3.29. The summed E-state index contributed by atoms with van der Waals surface area (Å²) in [6, 6.07) is 9.51. The number of benzene rings is 1. The zero-order chi connectivity index (χ0) is 18.8. The van der Waals surface area contributed by atoms with E-state index in [1.165, 1.54) is 18.3 Å². The van der Waals surface area contributed by atoms with Crippen LogP contribution in [0.25, 0.3) is 16.6 Å². The number of carbonyl (C=O) groups excluding carboxylic acids is 1. The first-order valence-electron chi connectivity index (χ1n) is 8.51. The Morgan fingerprint density at radius 2 is 2.11 bits per heavy atom. The molecule has 8 heteroatoms. The Bertz CT molecular complexity index is 1200. The minimum Gasteiger partial charge on any atom is -0.360 e. The summed E-state index contributed by atoms with van der Waals surface area (Å²) in [7, 11) is 0. The largest absolute Gasteiger partial charge is 0.360 e. The number of carbonyl (C=O) groups is 1. The van der Waals surface area contributed by atoms with Gasteiger partial charge in [-0.25, -0.2) is 4.39 Å². The first-order valence-corrected chi connectivity index (χ1v) is 8.51. The Morgan fingerprint density at radius 3 is 3.00 bits per heavy atom. The standard InChI is InChI=1S/C19H16FN5O2/c20-12-6-7-15-13(10-12)18(26)14(11-22-15)19(27)21-8-3-5-17-24-23-16-4-1-2-9-25(16)17/h1-2,4,6-7,9-11H,3,5,8H2,(H,21,27)(H,22,26). The summed E-state index contributed by atoms with van der Waals surface area (Å²) in [5.41, 5.74) is 0.716. The number of nitrogens with one attached hydrogen (secondary N) is 2. The molecule has 0 fully saturated rings. The number of hydrogen-bond acceptors (Lipinski definition) is 4. The molecular formula is C19H16FN5O2. The average molecular weight is 365 g/mol.